The minimum atomic E-state index is -1.04. The van der Waals surface area contributed by atoms with Gasteiger partial charge in [-0.15, -0.1) is 0 Å². The van der Waals surface area contributed by atoms with Crippen LogP contribution in [0.3, 0.4) is 0 Å². The number of ether oxygens (including phenoxy) is 1. The topological polar surface area (TPSA) is 72.6 Å². The van der Waals surface area contributed by atoms with Crippen LogP contribution in [0.25, 0.3) is 0 Å². The van der Waals surface area contributed by atoms with E-state index in [4.69, 9.17) is 10.5 Å². The molecule has 114 valence electrons. The first-order valence-electron chi connectivity index (χ1n) is 6.80. The number of methoxy groups -OCH3 is 1. The molecule has 0 saturated carbocycles. The van der Waals surface area contributed by atoms with Gasteiger partial charge in [-0.3, -0.25) is 9.59 Å². The highest BCUT2D eigenvalue weighted by Crippen LogP contribution is 2.32. The lowest BCUT2D eigenvalue weighted by atomic mass is 9.95. The molecule has 2 rings (SSSR count). The van der Waals surface area contributed by atoms with Gasteiger partial charge in [0, 0.05) is 23.7 Å². The van der Waals surface area contributed by atoms with Crippen molar-refractivity contribution in [3.05, 3.63) is 33.8 Å². The average molecular weight is 355 g/mol. The van der Waals surface area contributed by atoms with Crippen LogP contribution in [0.5, 0.6) is 0 Å². The van der Waals surface area contributed by atoms with E-state index < -0.39 is 11.4 Å². The van der Waals surface area contributed by atoms with Crippen LogP contribution in [0.2, 0.25) is 0 Å². The highest BCUT2D eigenvalue weighted by Gasteiger charge is 2.49. The number of hydrogen-bond donors (Lipinski definition) is 1. The normalized spacial score (nSPS) is 21.6. The third-order valence-electron chi connectivity index (χ3n) is 4.07. The highest BCUT2D eigenvalue weighted by molar-refractivity contribution is 9.10. The van der Waals surface area contributed by atoms with E-state index in [1.807, 2.05) is 19.1 Å². The summed E-state index contributed by atoms with van der Waals surface area (Å²) in [6.07, 6.45) is 1.28. The quantitative estimate of drug-likeness (QED) is 0.896. The fourth-order valence-electron chi connectivity index (χ4n) is 2.88. The lowest BCUT2D eigenvalue weighted by Crippen LogP contribution is -2.58. The first-order chi connectivity index (χ1) is 9.94. The van der Waals surface area contributed by atoms with E-state index in [0.29, 0.717) is 18.5 Å². The van der Waals surface area contributed by atoms with Crippen LogP contribution in [-0.4, -0.2) is 42.5 Å². The summed E-state index contributed by atoms with van der Waals surface area (Å²) in [5.41, 5.74) is 5.96. The number of primary amides is 1. The Kier molecular flexibility index (Phi) is 4.68. The third-order valence-corrected chi connectivity index (χ3v) is 4.93. The second-order valence-corrected chi connectivity index (χ2v) is 6.16. The van der Waals surface area contributed by atoms with Crippen LogP contribution >= 0.6 is 15.9 Å². The first-order valence-corrected chi connectivity index (χ1v) is 7.59. The van der Waals surface area contributed by atoms with Gasteiger partial charge in [0.05, 0.1) is 6.61 Å². The van der Waals surface area contributed by atoms with E-state index in [1.54, 1.807) is 11.0 Å². The van der Waals surface area contributed by atoms with Gasteiger partial charge in [0.1, 0.15) is 5.54 Å². The molecule has 0 spiro atoms. The lowest BCUT2D eigenvalue weighted by Gasteiger charge is -2.35. The molecule has 5 nitrogen and oxygen atoms in total. The Labute approximate surface area is 132 Å². The number of nitrogens with zero attached hydrogens (tertiary/aromatic N) is 1. The van der Waals surface area contributed by atoms with Crippen LogP contribution in [0, 0.1) is 6.92 Å². The number of benzene rings is 1. The number of amides is 2. The molecule has 1 atom stereocenters. The average Bonchev–Trinajstić information content (AvgIpc) is 2.86. The molecule has 0 aromatic heterocycles. The van der Waals surface area contributed by atoms with Crippen molar-refractivity contribution in [1.29, 1.82) is 0 Å². The van der Waals surface area contributed by atoms with Crippen molar-refractivity contribution < 1.29 is 14.3 Å². The van der Waals surface area contributed by atoms with Crippen molar-refractivity contribution in [1.82, 2.24) is 4.90 Å². The Morgan fingerprint density at radius 2 is 2.19 bits per heavy atom. The Morgan fingerprint density at radius 1 is 1.48 bits per heavy atom. The maximum absolute atomic E-state index is 12.9. The summed E-state index contributed by atoms with van der Waals surface area (Å²) >= 11 is 3.42. The van der Waals surface area contributed by atoms with Gasteiger partial charge in [-0.25, -0.2) is 0 Å². The van der Waals surface area contributed by atoms with E-state index in [0.717, 1.165) is 16.5 Å². The maximum atomic E-state index is 12.9. The number of halogens is 1. The van der Waals surface area contributed by atoms with Crippen LogP contribution in [0.1, 0.15) is 28.8 Å². The number of hydrogen-bond acceptors (Lipinski definition) is 3. The minimum Gasteiger partial charge on any atom is -0.382 e. The molecule has 0 bridgehead atoms. The molecule has 1 heterocycles. The van der Waals surface area contributed by atoms with Gasteiger partial charge in [0.2, 0.25) is 5.91 Å². The monoisotopic (exact) mass is 354 g/mol. The summed E-state index contributed by atoms with van der Waals surface area (Å²) < 4.78 is 6.02. The number of carbonyl (C=O) groups is 2. The van der Waals surface area contributed by atoms with Crippen molar-refractivity contribution in [2.75, 3.05) is 20.3 Å². The van der Waals surface area contributed by atoms with E-state index in [9.17, 15) is 9.59 Å². The van der Waals surface area contributed by atoms with Crippen LogP contribution in [0.15, 0.2) is 22.7 Å². The number of rotatable bonds is 4. The molecule has 0 aliphatic carbocycles. The van der Waals surface area contributed by atoms with E-state index in [2.05, 4.69) is 15.9 Å². The Hall–Kier alpha value is -1.40. The van der Waals surface area contributed by atoms with E-state index >= 15 is 0 Å². The smallest absolute Gasteiger partial charge is 0.255 e. The zero-order valence-electron chi connectivity index (χ0n) is 12.2. The fraction of sp³-hybridized carbons (Fsp3) is 0.467. The van der Waals surface area contributed by atoms with E-state index in [-0.39, 0.29) is 12.5 Å². The lowest BCUT2D eigenvalue weighted by molar-refractivity contribution is -0.130. The third kappa shape index (κ3) is 2.70. The molecule has 2 amide bonds. The molecule has 1 aromatic carbocycles. The molecule has 2 N–H and O–H groups in total. The molecule has 1 aliphatic rings. The Morgan fingerprint density at radius 3 is 2.81 bits per heavy atom. The van der Waals surface area contributed by atoms with Crippen molar-refractivity contribution >= 4 is 27.7 Å². The van der Waals surface area contributed by atoms with Crippen molar-refractivity contribution in [3.8, 4) is 0 Å². The SMILES string of the molecule is COCC1(C(N)=O)CCCN1C(=O)c1cccc(Br)c1C. The van der Waals surface area contributed by atoms with Crippen LogP contribution < -0.4 is 5.73 Å². The second-order valence-electron chi connectivity index (χ2n) is 5.30. The van der Waals surface area contributed by atoms with Gasteiger partial charge in [0.25, 0.3) is 5.91 Å². The molecular formula is C15H19BrN2O3. The molecule has 21 heavy (non-hydrogen) atoms. The molecular weight excluding hydrogens is 336 g/mol. The van der Waals surface area contributed by atoms with Crippen molar-refractivity contribution in [2.45, 2.75) is 25.3 Å². The van der Waals surface area contributed by atoms with Crippen molar-refractivity contribution in [3.63, 3.8) is 0 Å². The molecule has 1 saturated heterocycles. The van der Waals surface area contributed by atoms with E-state index in [1.165, 1.54) is 7.11 Å². The van der Waals surface area contributed by atoms with Crippen LogP contribution in [-0.2, 0) is 9.53 Å². The summed E-state index contributed by atoms with van der Waals surface area (Å²) in [4.78, 5) is 26.4. The molecule has 1 aromatic rings. The van der Waals surface area contributed by atoms with Gasteiger partial charge >= 0.3 is 0 Å². The summed E-state index contributed by atoms with van der Waals surface area (Å²) in [6.45, 7) is 2.51. The molecule has 0 radical (unpaired) electrons. The molecule has 1 unspecified atom stereocenters. The number of likely N-dealkylation sites (tertiary alicyclic amines) is 1. The molecule has 1 fully saturated rings. The summed E-state index contributed by atoms with van der Waals surface area (Å²) in [5, 5.41) is 0. The zero-order chi connectivity index (χ0) is 15.6. The standard InChI is InChI=1S/C15H19BrN2O3/c1-10-11(5-3-6-12(10)16)13(19)18-8-4-7-15(18,9-21-2)14(17)20/h3,5-6H,4,7-9H2,1-2H3,(H2,17,20). The minimum absolute atomic E-state index is 0.126. The first kappa shape index (κ1) is 16.0. The van der Waals surface area contributed by atoms with Gasteiger partial charge in [-0.2, -0.15) is 0 Å². The zero-order valence-corrected chi connectivity index (χ0v) is 13.8. The number of nitrogens with two attached hydrogens (primary N) is 1. The maximum Gasteiger partial charge on any atom is 0.255 e. The highest BCUT2D eigenvalue weighted by atomic mass is 79.9. The molecule has 6 heteroatoms. The fourth-order valence-corrected chi connectivity index (χ4v) is 3.24. The van der Waals surface area contributed by atoms with Gasteiger partial charge in [0.15, 0.2) is 0 Å². The van der Waals surface area contributed by atoms with Gasteiger partial charge in [-0.1, -0.05) is 22.0 Å². The predicted molar refractivity (Wildman–Crippen MR) is 83.0 cm³/mol. The van der Waals surface area contributed by atoms with Crippen molar-refractivity contribution in [2.24, 2.45) is 5.73 Å². The largest absolute Gasteiger partial charge is 0.382 e. The summed E-state index contributed by atoms with van der Waals surface area (Å²) in [5.74, 6) is -0.690. The summed E-state index contributed by atoms with van der Waals surface area (Å²) in [6, 6.07) is 5.45. The summed E-state index contributed by atoms with van der Waals surface area (Å²) in [7, 11) is 1.51. The van der Waals surface area contributed by atoms with Gasteiger partial charge in [-0.05, 0) is 37.5 Å². The Bertz CT molecular complexity index is 576. The Balaban J connectivity index is 2.41. The molecule has 1 aliphatic heterocycles. The predicted octanol–water partition coefficient (Wildman–Crippen LogP) is 1.86. The van der Waals surface area contributed by atoms with Gasteiger partial charge < -0.3 is 15.4 Å². The second kappa shape index (κ2) is 6.15. The number of carbonyl (C=O) groups excluding carboxylic acids is 2. The van der Waals surface area contributed by atoms with Crippen LogP contribution in [0.4, 0.5) is 0 Å².